The molecule has 12 nitrogen and oxygen atoms in total. The van der Waals surface area contributed by atoms with E-state index in [4.69, 9.17) is 18.9 Å². The van der Waals surface area contributed by atoms with Crippen molar-refractivity contribution >= 4 is 11.8 Å². The molecule has 1 atom stereocenters. The van der Waals surface area contributed by atoms with E-state index in [1.807, 2.05) is 6.07 Å². The molecule has 0 radical (unpaired) electrons. The van der Waals surface area contributed by atoms with Crippen LogP contribution in [0.4, 0.5) is 4.39 Å². The third kappa shape index (κ3) is 6.87. The Kier molecular flexibility index (Phi) is 9.27. The monoisotopic (exact) mass is 630 g/mol. The molecule has 1 aromatic heterocycles. The smallest absolute Gasteiger partial charge is 0.247 e. The van der Waals surface area contributed by atoms with E-state index in [1.165, 1.54) is 41.1 Å². The summed E-state index contributed by atoms with van der Waals surface area (Å²) >= 11 is 0. The molecule has 4 aromatic rings. The van der Waals surface area contributed by atoms with Gasteiger partial charge in [0.05, 0.1) is 14.2 Å². The number of carbonyl (C=O) groups is 2. The van der Waals surface area contributed by atoms with Crippen LogP contribution in [0, 0.1) is 5.82 Å². The fourth-order valence-corrected chi connectivity index (χ4v) is 5.82. The molecule has 13 heteroatoms. The predicted octanol–water partition coefficient (Wildman–Crippen LogP) is 4.44. The number of carbonyl (C=O) groups excluding carboxylic acids is 2. The van der Waals surface area contributed by atoms with Gasteiger partial charge < -0.3 is 29.2 Å². The van der Waals surface area contributed by atoms with E-state index in [9.17, 15) is 14.0 Å². The van der Waals surface area contributed by atoms with Crippen molar-refractivity contribution in [3.8, 4) is 34.4 Å². The Morgan fingerprint density at radius 1 is 0.978 bits per heavy atom. The summed E-state index contributed by atoms with van der Waals surface area (Å²) in [6.07, 6.45) is 4.89. The van der Waals surface area contributed by atoms with Crippen LogP contribution < -0.4 is 24.3 Å². The van der Waals surface area contributed by atoms with Gasteiger partial charge in [0.25, 0.3) is 0 Å². The Balaban J connectivity index is 1.32. The molecule has 2 heterocycles. The number of hydrogen-bond donors (Lipinski definition) is 1. The average Bonchev–Trinajstić information content (AvgIpc) is 3.75. The minimum absolute atomic E-state index is 0.00674. The first-order chi connectivity index (χ1) is 22.4. The van der Waals surface area contributed by atoms with E-state index in [2.05, 4.69) is 20.7 Å². The molecule has 0 saturated heterocycles. The summed E-state index contributed by atoms with van der Waals surface area (Å²) < 4.78 is 35.8. The van der Waals surface area contributed by atoms with Crippen LogP contribution in [0.3, 0.4) is 0 Å². The van der Waals surface area contributed by atoms with E-state index < -0.39 is 17.8 Å². The van der Waals surface area contributed by atoms with Gasteiger partial charge in [-0.05, 0) is 71.6 Å². The SMILES string of the molecule is COc1ccc(-c2nnn(CC(=O)N(Cc3ccc4c(c3)OCO4)C(C(=O)NC3CCCCC3)c3ccc(F)cc3)n2)cc1OC. The maximum absolute atomic E-state index is 14.2. The van der Waals surface area contributed by atoms with Crippen molar-refractivity contribution in [1.29, 1.82) is 0 Å². The molecule has 3 aromatic carbocycles. The van der Waals surface area contributed by atoms with Crippen LogP contribution in [-0.4, -0.2) is 64.0 Å². The number of tetrazole rings is 1. The highest BCUT2D eigenvalue weighted by atomic mass is 19.1. The summed E-state index contributed by atoms with van der Waals surface area (Å²) in [5, 5.41) is 15.9. The van der Waals surface area contributed by atoms with Crippen molar-refractivity contribution in [3.63, 3.8) is 0 Å². The van der Waals surface area contributed by atoms with Crippen molar-refractivity contribution in [2.75, 3.05) is 21.0 Å². The Hall–Kier alpha value is -5.20. The van der Waals surface area contributed by atoms with Gasteiger partial charge in [0.1, 0.15) is 18.4 Å². The van der Waals surface area contributed by atoms with Crippen molar-refractivity contribution in [1.82, 2.24) is 30.4 Å². The topological polar surface area (TPSA) is 130 Å². The number of amides is 2. The highest BCUT2D eigenvalue weighted by Crippen LogP contribution is 2.34. The lowest BCUT2D eigenvalue weighted by Crippen LogP contribution is -2.47. The Bertz CT molecular complexity index is 1690. The first-order valence-corrected chi connectivity index (χ1v) is 15.2. The number of aromatic nitrogens is 4. The Labute approximate surface area is 265 Å². The van der Waals surface area contributed by atoms with E-state index in [1.54, 1.807) is 37.4 Å². The molecule has 0 spiro atoms. The predicted molar refractivity (Wildman–Crippen MR) is 164 cm³/mol. The second-order valence-electron chi connectivity index (χ2n) is 11.2. The minimum atomic E-state index is -1.06. The lowest BCUT2D eigenvalue weighted by atomic mass is 9.94. The normalized spacial score (nSPS) is 14.8. The fraction of sp³-hybridized carbons (Fsp3) is 0.364. The van der Waals surface area contributed by atoms with Crippen LogP contribution in [0.5, 0.6) is 23.0 Å². The van der Waals surface area contributed by atoms with Crippen LogP contribution in [0.1, 0.15) is 49.3 Å². The molecular formula is C33H35FN6O6. The first-order valence-electron chi connectivity index (χ1n) is 15.2. The largest absolute Gasteiger partial charge is 0.493 e. The molecule has 1 N–H and O–H groups in total. The second kappa shape index (κ2) is 13.8. The number of ether oxygens (including phenoxy) is 4. The zero-order valence-electron chi connectivity index (χ0n) is 25.6. The van der Waals surface area contributed by atoms with Crippen LogP contribution in [0.2, 0.25) is 0 Å². The number of fused-ring (bicyclic) bond motifs is 1. The van der Waals surface area contributed by atoms with Crippen molar-refractivity contribution in [2.24, 2.45) is 0 Å². The lowest BCUT2D eigenvalue weighted by molar-refractivity contribution is -0.142. The molecular weight excluding hydrogens is 595 g/mol. The summed E-state index contributed by atoms with van der Waals surface area (Å²) in [7, 11) is 3.07. The average molecular weight is 631 g/mol. The molecule has 6 rings (SSSR count). The molecule has 1 aliphatic carbocycles. The Morgan fingerprint density at radius 3 is 2.50 bits per heavy atom. The van der Waals surface area contributed by atoms with Gasteiger partial charge >= 0.3 is 0 Å². The third-order valence-corrected chi connectivity index (χ3v) is 8.18. The van der Waals surface area contributed by atoms with E-state index >= 15 is 0 Å². The van der Waals surface area contributed by atoms with Crippen molar-refractivity contribution in [2.45, 2.75) is 57.3 Å². The second-order valence-corrected chi connectivity index (χ2v) is 11.2. The zero-order valence-corrected chi connectivity index (χ0v) is 25.6. The number of nitrogens with one attached hydrogen (secondary N) is 1. The molecule has 1 saturated carbocycles. The van der Waals surface area contributed by atoms with E-state index in [0.717, 1.165) is 32.1 Å². The summed E-state index contributed by atoms with van der Waals surface area (Å²) in [6, 6.07) is 15.1. The number of benzene rings is 3. The van der Waals surface area contributed by atoms with E-state index in [0.29, 0.717) is 39.7 Å². The molecule has 1 aliphatic heterocycles. The quantitative estimate of drug-likeness (QED) is 0.256. The maximum atomic E-state index is 14.2. The van der Waals surface area contributed by atoms with Gasteiger partial charge in [-0.15, -0.1) is 10.2 Å². The molecule has 240 valence electrons. The maximum Gasteiger partial charge on any atom is 0.247 e. The third-order valence-electron chi connectivity index (χ3n) is 8.18. The van der Waals surface area contributed by atoms with Gasteiger partial charge in [0.15, 0.2) is 23.0 Å². The highest BCUT2D eigenvalue weighted by Gasteiger charge is 2.34. The number of hydrogen-bond acceptors (Lipinski definition) is 9. The van der Waals surface area contributed by atoms with Gasteiger partial charge in [-0.1, -0.05) is 37.5 Å². The number of rotatable bonds is 11. The van der Waals surface area contributed by atoms with Crippen LogP contribution >= 0.6 is 0 Å². The van der Waals surface area contributed by atoms with Gasteiger partial charge in [-0.3, -0.25) is 9.59 Å². The summed E-state index contributed by atoms with van der Waals surface area (Å²) in [5.74, 6) is 1.24. The van der Waals surface area contributed by atoms with Crippen molar-refractivity contribution in [3.05, 3.63) is 77.6 Å². The molecule has 2 aliphatic rings. The van der Waals surface area contributed by atoms with Gasteiger partial charge in [-0.2, -0.15) is 4.80 Å². The fourth-order valence-electron chi connectivity index (χ4n) is 5.82. The van der Waals surface area contributed by atoms with Gasteiger partial charge in [-0.25, -0.2) is 4.39 Å². The van der Waals surface area contributed by atoms with Crippen LogP contribution in [0.25, 0.3) is 11.4 Å². The summed E-state index contributed by atoms with van der Waals surface area (Å²) in [5.41, 5.74) is 1.80. The van der Waals surface area contributed by atoms with Crippen LogP contribution in [0.15, 0.2) is 60.7 Å². The summed E-state index contributed by atoms with van der Waals surface area (Å²) in [6.45, 7) is -0.157. The number of methoxy groups -OCH3 is 2. The van der Waals surface area contributed by atoms with Crippen LogP contribution in [-0.2, 0) is 22.7 Å². The minimum Gasteiger partial charge on any atom is -0.493 e. The molecule has 2 amide bonds. The van der Waals surface area contributed by atoms with E-state index in [-0.39, 0.29) is 37.7 Å². The van der Waals surface area contributed by atoms with Gasteiger partial charge in [0, 0.05) is 18.2 Å². The zero-order chi connectivity index (χ0) is 32.0. The Morgan fingerprint density at radius 2 is 1.74 bits per heavy atom. The number of halogens is 1. The highest BCUT2D eigenvalue weighted by molar-refractivity contribution is 5.89. The lowest BCUT2D eigenvalue weighted by Gasteiger charge is -2.33. The first kappa shape index (κ1) is 30.8. The summed E-state index contributed by atoms with van der Waals surface area (Å²) in [4.78, 5) is 30.9. The molecule has 1 unspecified atom stereocenters. The molecule has 0 bridgehead atoms. The molecule has 1 fully saturated rings. The number of nitrogens with zero attached hydrogens (tertiary/aromatic N) is 5. The molecule has 46 heavy (non-hydrogen) atoms. The van der Waals surface area contributed by atoms with Gasteiger partial charge in [0.2, 0.25) is 24.4 Å². The standard InChI is InChI=1S/C33H35FN6O6/c1-43-26-15-11-23(17-28(26)44-2)32-36-38-40(37-32)19-30(41)39(18-21-8-14-27-29(16-21)46-20-45-27)31(22-9-12-24(34)13-10-22)33(42)35-25-6-4-3-5-7-25/h8-17,25,31H,3-7,18-20H2,1-2H3,(H,35,42). The van der Waals surface area contributed by atoms with Crippen molar-refractivity contribution < 1.29 is 32.9 Å².